The molecule has 1 aliphatic heterocycles. The average Bonchev–Trinajstić information content (AvgIpc) is 2.59. The van der Waals surface area contributed by atoms with Gasteiger partial charge in [0.25, 0.3) is 0 Å². The molecule has 0 N–H and O–H groups in total. The van der Waals surface area contributed by atoms with Crippen LogP contribution in [0.4, 0.5) is 0 Å². The van der Waals surface area contributed by atoms with Crippen LogP contribution in [0.25, 0.3) is 0 Å². The lowest BCUT2D eigenvalue weighted by atomic mass is 10.0. The largest absolute Gasteiger partial charge is 0.372 e. The number of hydrogen-bond acceptors (Lipinski definition) is 3. The zero-order chi connectivity index (χ0) is 20.7. The highest BCUT2D eigenvalue weighted by atomic mass is 15.3. The van der Waals surface area contributed by atoms with Gasteiger partial charge in [-0.2, -0.15) is 0 Å². The molecule has 1 saturated heterocycles. The molecule has 0 radical (unpaired) electrons. The van der Waals surface area contributed by atoms with Crippen LogP contribution in [-0.2, 0) is 0 Å². The third kappa shape index (κ3) is 8.66. The molecule has 0 aromatic carbocycles. The highest BCUT2D eigenvalue weighted by molar-refractivity contribution is 5.24. The Kier molecular flexibility index (Phi) is 9.30. The van der Waals surface area contributed by atoms with Gasteiger partial charge in [0.15, 0.2) is 0 Å². The predicted molar refractivity (Wildman–Crippen MR) is 121 cm³/mol. The lowest BCUT2D eigenvalue weighted by Gasteiger charge is -2.43. The first-order chi connectivity index (χ1) is 12.4. The number of hydrogen-bond donors (Lipinski definition) is 0. The minimum absolute atomic E-state index is 0.258. The van der Waals surface area contributed by atoms with Crippen molar-refractivity contribution in [2.45, 2.75) is 78.8 Å². The molecule has 0 unspecified atom stereocenters. The topological polar surface area (TPSA) is 9.72 Å². The van der Waals surface area contributed by atoms with E-state index in [9.17, 15) is 0 Å². The Labute approximate surface area is 169 Å². The van der Waals surface area contributed by atoms with Crippen LogP contribution in [0.2, 0.25) is 0 Å². The number of nitrogens with zero attached hydrogens (tertiary/aromatic N) is 3. The third-order valence-corrected chi connectivity index (χ3v) is 5.88. The highest BCUT2D eigenvalue weighted by Crippen LogP contribution is 2.19. The summed E-state index contributed by atoms with van der Waals surface area (Å²) < 4.78 is 0. The van der Waals surface area contributed by atoms with Crippen molar-refractivity contribution in [1.29, 1.82) is 0 Å². The summed E-state index contributed by atoms with van der Waals surface area (Å²) in [5, 5.41) is 0. The van der Waals surface area contributed by atoms with Gasteiger partial charge in [-0.25, -0.2) is 0 Å². The molecule has 1 rings (SSSR count). The van der Waals surface area contributed by atoms with E-state index in [0.717, 1.165) is 39.1 Å². The highest BCUT2D eigenvalue weighted by Gasteiger charge is 2.25. The molecule has 0 bridgehead atoms. The Bertz CT molecular complexity index is 509. The molecular formula is C24H45N3. The van der Waals surface area contributed by atoms with Gasteiger partial charge >= 0.3 is 0 Å². The molecule has 1 aliphatic rings. The number of rotatable bonds is 8. The van der Waals surface area contributed by atoms with Crippen molar-refractivity contribution in [3.05, 3.63) is 36.1 Å². The lowest BCUT2D eigenvalue weighted by Crippen LogP contribution is -2.52. The summed E-state index contributed by atoms with van der Waals surface area (Å²) in [6.07, 6.45) is 10.1. The van der Waals surface area contributed by atoms with Crippen molar-refractivity contribution in [1.82, 2.24) is 14.7 Å². The van der Waals surface area contributed by atoms with E-state index in [4.69, 9.17) is 0 Å². The van der Waals surface area contributed by atoms with Crippen molar-refractivity contribution >= 4 is 0 Å². The number of piperazine rings is 1. The van der Waals surface area contributed by atoms with Gasteiger partial charge in [0.05, 0.1) is 0 Å². The normalized spacial score (nSPS) is 18.3. The van der Waals surface area contributed by atoms with Crippen LogP contribution in [0.3, 0.4) is 0 Å². The van der Waals surface area contributed by atoms with E-state index >= 15 is 0 Å². The molecule has 156 valence electrons. The van der Waals surface area contributed by atoms with Gasteiger partial charge in [0, 0.05) is 43.0 Å². The smallest absolute Gasteiger partial charge is 0.0303 e. The molecule has 0 atom stereocenters. The molecule has 0 amide bonds. The molecule has 0 aliphatic carbocycles. The Balaban J connectivity index is 2.46. The van der Waals surface area contributed by atoms with Gasteiger partial charge in [-0.3, -0.25) is 4.90 Å². The van der Waals surface area contributed by atoms with E-state index in [-0.39, 0.29) is 11.1 Å². The molecule has 1 fully saturated rings. The van der Waals surface area contributed by atoms with Gasteiger partial charge in [0.1, 0.15) is 0 Å². The fourth-order valence-corrected chi connectivity index (χ4v) is 3.33. The quantitative estimate of drug-likeness (QED) is 0.420. The summed E-state index contributed by atoms with van der Waals surface area (Å²) in [4.78, 5) is 7.53. The number of unbranched alkanes of at least 4 members (excludes halogenated alkanes) is 1. The summed E-state index contributed by atoms with van der Waals surface area (Å²) >= 11 is 0. The van der Waals surface area contributed by atoms with Crippen LogP contribution in [0, 0.1) is 0 Å². The van der Waals surface area contributed by atoms with Crippen LogP contribution in [0.15, 0.2) is 36.1 Å². The van der Waals surface area contributed by atoms with Crippen LogP contribution in [0.5, 0.6) is 0 Å². The first-order valence-corrected chi connectivity index (χ1v) is 10.7. The molecule has 0 aromatic heterocycles. The van der Waals surface area contributed by atoms with Crippen molar-refractivity contribution < 1.29 is 0 Å². The van der Waals surface area contributed by atoms with Crippen LogP contribution in [-0.4, -0.2) is 65.5 Å². The number of allylic oxidation sites excluding steroid dienone is 5. The first kappa shape index (κ1) is 24.0. The van der Waals surface area contributed by atoms with E-state index in [0.29, 0.717) is 0 Å². The Morgan fingerprint density at radius 2 is 1.56 bits per heavy atom. The monoisotopic (exact) mass is 375 g/mol. The van der Waals surface area contributed by atoms with Crippen molar-refractivity contribution in [2.75, 3.05) is 39.8 Å². The third-order valence-electron chi connectivity index (χ3n) is 5.88. The van der Waals surface area contributed by atoms with Gasteiger partial charge in [-0.1, -0.05) is 18.7 Å². The Morgan fingerprint density at radius 1 is 0.963 bits per heavy atom. The predicted octanol–water partition coefficient (Wildman–Crippen LogP) is 5.32. The van der Waals surface area contributed by atoms with E-state index in [2.05, 4.69) is 88.9 Å². The molecule has 0 aromatic rings. The van der Waals surface area contributed by atoms with Crippen LogP contribution in [0.1, 0.15) is 67.7 Å². The summed E-state index contributed by atoms with van der Waals surface area (Å²) in [6.45, 7) is 25.7. The molecule has 27 heavy (non-hydrogen) atoms. The van der Waals surface area contributed by atoms with Crippen LogP contribution >= 0.6 is 0 Å². The van der Waals surface area contributed by atoms with E-state index in [1.807, 2.05) is 6.08 Å². The zero-order valence-electron chi connectivity index (χ0n) is 19.4. The minimum Gasteiger partial charge on any atom is -0.372 e. The zero-order valence-corrected chi connectivity index (χ0v) is 19.4. The minimum atomic E-state index is 0.258. The van der Waals surface area contributed by atoms with Crippen molar-refractivity contribution in [3.63, 3.8) is 0 Å². The van der Waals surface area contributed by atoms with Crippen LogP contribution < -0.4 is 0 Å². The maximum absolute atomic E-state index is 4.01. The van der Waals surface area contributed by atoms with Crippen molar-refractivity contribution in [3.8, 4) is 0 Å². The first-order valence-electron chi connectivity index (χ1n) is 10.7. The molecule has 0 saturated carbocycles. The summed E-state index contributed by atoms with van der Waals surface area (Å²) in [5.41, 5.74) is 3.26. The Hall–Kier alpha value is -1.06. The molecule has 3 nitrogen and oxygen atoms in total. The van der Waals surface area contributed by atoms with Gasteiger partial charge in [-0.15, -0.1) is 0 Å². The maximum atomic E-state index is 4.01. The second-order valence-corrected chi connectivity index (χ2v) is 9.95. The second kappa shape index (κ2) is 10.5. The fraction of sp³-hybridized carbons (Fsp3) is 0.750. The molecule has 3 heteroatoms. The van der Waals surface area contributed by atoms with E-state index < -0.39 is 0 Å². The van der Waals surface area contributed by atoms with Gasteiger partial charge in [0.2, 0.25) is 0 Å². The lowest BCUT2D eigenvalue weighted by molar-refractivity contribution is 0.0764. The standard InChI is InChI=1S/C24H45N3/c1-10-22(13-11-12-16-25(9)23(3,4)5)15-14-21(2)26-17-19-27(20-18-26)24(6,7)8/h10,14-15H,1,11-13,16-20H2,2-9H3/b21-14+,22-15+. The second-order valence-electron chi connectivity index (χ2n) is 9.95. The van der Waals surface area contributed by atoms with E-state index in [1.165, 1.54) is 24.1 Å². The fourth-order valence-electron chi connectivity index (χ4n) is 3.33. The average molecular weight is 376 g/mol. The van der Waals surface area contributed by atoms with Crippen molar-refractivity contribution in [2.24, 2.45) is 0 Å². The van der Waals surface area contributed by atoms with Gasteiger partial charge < -0.3 is 9.80 Å². The maximum Gasteiger partial charge on any atom is 0.0303 e. The molecular weight excluding hydrogens is 330 g/mol. The van der Waals surface area contributed by atoms with Gasteiger partial charge in [-0.05, 0) is 93.0 Å². The molecule has 0 spiro atoms. The summed E-state index contributed by atoms with van der Waals surface area (Å²) in [5.74, 6) is 0. The van der Waals surface area contributed by atoms with E-state index in [1.54, 1.807) is 0 Å². The summed E-state index contributed by atoms with van der Waals surface area (Å²) in [6, 6.07) is 0. The Morgan fingerprint density at radius 3 is 2.04 bits per heavy atom. The molecule has 1 heterocycles. The SMILES string of the molecule is C=C/C(=C\C=C(/C)N1CCN(C(C)(C)C)CC1)CCCCN(C)C(C)(C)C. The summed E-state index contributed by atoms with van der Waals surface area (Å²) in [7, 11) is 2.22.